The van der Waals surface area contributed by atoms with Crippen LogP contribution in [0.2, 0.25) is 0 Å². The van der Waals surface area contributed by atoms with Crippen LogP contribution < -0.4 is 10.6 Å². The van der Waals surface area contributed by atoms with Gasteiger partial charge in [-0.3, -0.25) is 4.79 Å². The second-order valence-corrected chi connectivity index (χ2v) is 4.68. The van der Waals surface area contributed by atoms with Crippen molar-refractivity contribution in [3.63, 3.8) is 0 Å². The standard InChI is InChI=1S/C14H20N2O3/c1-10(2)15-9-13(17)16-12(14(18)19)8-11-6-4-3-5-7-11/h3-7,10,12,15H,8-9H2,1-2H3,(H,16,17)(H,18,19)/t12-/m1/s1. The lowest BCUT2D eigenvalue weighted by atomic mass is 10.1. The predicted molar refractivity (Wildman–Crippen MR) is 72.9 cm³/mol. The molecule has 0 spiro atoms. The van der Waals surface area contributed by atoms with Gasteiger partial charge < -0.3 is 15.7 Å². The zero-order chi connectivity index (χ0) is 14.3. The highest BCUT2D eigenvalue weighted by atomic mass is 16.4. The van der Waals surface area contributed by atoms with E-state index in [1.165, 1.54) is 0 Å². The van der Waals surface area contributed by atoms with Crippen LogP contribution in [0.5, 0.6) is 0 Å². The Morgan fingerprint density at radius 2 is 1.84 bits per heavy atom. The van der Waals surface area contributed by atoms with E-state index in [2.05, 4.69) is 10.6 Å². The molecule has 0 aromatic heterocycles. The fourth-order valence-electron chi connectivity index (χ4n) is 1.59. The lowest BCUT2D eigenvalue weighted by molar-refractivity contribution is -0.141. The minimum Gasteiger partial charge on any atom is -0.480 e. The molecule has 0 heterocycles. The predicted octanol–water partition coefficient (Wildman–Crippen LogP) is 0.796. The number of carboxylic acid groups (broad SMARTS) is 1. The van der Waals surface area contributed by atoms with E-state index in [0.717, 1.165) is 5.56 Å². The highest BCUT2D eigenvalue weighted by Crippen LogP contribution is 2.03. The Hall–Kier alpha value is -1.88. The summed E-state index contributed by atoms with van der Waals surface area (Å²) in [6, 6.07) is 8.52. The number of aliphatic carboxylic acids is 1. The van der Waals surface area contributed by atoms with Gasteiger partial charge in [-0.2, -0.15) is 0 Å². The van der Waals surface area contributed by atoms with E-state index in [4.69, 9.17) is 5.11 Å². The first-order valence-corrected chi connectivity index (χ1v) is 6.28. The highest BCUT2D eigenvalue weighted by molar-refractivity contribution is 5.84. The van der Waals surface area contributed by atoms with Crippen molar-refractivity contribution in [1.29, 1.82) is 0 Å². The Labute approximate surface area is 113 Å². The van der Waals surface area contributed by atoms with Crippen LogP contribution in [-0.4, -0.2) is 35.6 Å². The van der Waals surface area contributed by atoms with E-state index < -0.39 is 12.0 Å². The molecule has 5 heteroatoms. The van der Waals surface area contributed by atoms with Crippen molar-refractivity contribution in [3.05, 3.63) is 35.9 Å². The number of carbonyl (C=O) groups excluding carboxylic acids is 1. The monoisotopic (exact) mass is 264 g/mol. The van der Waals surface area contributed by atoms with Gasteiger partial charge in [0.15, 0.2) is 0 Å². The Kier molecular flexibility index (Phi) is 6.02. The van der Waals surface area contributed by atoms with Gasteiger partial charge in [0.2, 0.25) is 5.91 Å². The van der Waals surface area contributed by atoms with Crippen molar-refractivity contribution in [3.8, 4) is 0 Å². The molecular formula is C14H20N2O3. The average molecular weight is 264 g/mol. The van der Waals surface area contributed by atoms with Crippen LogP contribution in [0, 0.1) is 0 Å². The minimum absolute atomic E-state index is 0.121. The summed E-state index contributed by atoms with van der Waals surface area (Å²) < 4.78 is 0. The molecule has 0 aliphatic rings. The van der Waals surface area contributed by atoms with Crippen molar-refractivity contribution in [2.24, 2.45) is 0 Å². The number of benzene rings is 1. The molecule has 104 valence electrons. The summed E-state index contributed by atoms with van der Waals surface area (Å²) in [6.45, 7) is 3.97. The van der Waals surface area contributed by atoms with E-state index in [0.29, 0.717) is 0 Å². The molecule has 1 rings (SSSR count). The maximum Gasteiger partial charge on any atom is 0.326 e. The van der Waals surface area contributed by atoms with Gasteiger partial charge in [-0.15, -0.1) is 0 Å². The number of carboxylic acids is 1. The van der Waals surface area contributed by atoms with Crippen molar-refractivity contribution in [2.45, 2.75) is 32.4 Å². The summed E-state index contributed by atoms with van der Waals surface area (Å²) in [5, 5.41) is 14.6. The van der Waals surface area contributed by atoms with Gasteiger partial charge in [-0.25, -0.2) is 4.79 Å². The summed E-state index contributed by atoms with van der Waals surface area (Å²) >= 11 is 0. The molecule has 0 radical (unpaired) electrons. The smallest absolute Gasteiger partial charge is 0.326 e. The summed E-state index contributed by atoms with van der Waals surface area (Å²) in [7, 11) is 0. The normalized spacial score (nSPS) is 12.2. The number of hydrogen-bond acceptors (Lipinski definition) is 3. The number of nitrogens with one attached hydrogen (secondary N) is 2. The summed E-state index contributed by atoms with van der Waals surface area (Å²) in [5.41, 5.74) is 0.881. The minimum atomic E-state index is -1.03. The lowest BCUT2D eigenvalue weighted by Crippen LogP contribution is -2.46. The topological polar surface area (TPSA) is 78.4 Å². The van der Waals surface area contributed by atoms with Gasteiger partial charge in [-0.1, -0.05) is 44.2 Å². The van der Waals surface area contributed by atoms with Crippen molar-refractivity contribution in [2.75, 3.05) is 6.54 Å². The van der Waals surface area contributed by atoms with Gasteiger partial charge in [0, 0.05) is 12.5 Å². The van der Waals surface area contributed by atoms with E-state index >= 15 is 0 Å². The summed E-state index contributed by atoms with van der Waals surface area (Å²) in [5.74, 6) is -1.33. The third-order valence-electron chi connectivity index (χ3n) is 2.59. The quantitative estimate of drug-likeness (QED) is 0.680. The Balaban J connectivity index is 2.54. The van der Waals surface area contributed by atoms with Crippen molar-refractivity contribution < 1.29 is 14.7 Å². The first kappa shape index (κ1) is 15.2. The molecule has 19 heavy (non-hydrogen) atoms. The van der Waals surface area contributed by atoms with Crippen LogP contribution in [0.3, 0.4) is 0 Å². The number of hydrogen-bond donors (Lipinski definition) is 3. The molecular weight excluding hydrogens is 244 g/mol. The molecule has 0 unspecified atom stereocenters. The highest BCUT2D eigenvalue weighted by Gasteiger charge is 2.20. The van der Waals surface area contributed by atoms with Crippen LogP contribution >= 0.6 is 0 Å². The van der Waals surface area contributed by atoms with E-state index in [9.17, 15) is 9.59 Å². The lowest BCUT2D eigenvalue weighted by Gasteiger charge is -2.15. The average Bonchev–Trinajstić information content (AvgIpc) is 2.36. The SMILES string of the molecule is CC(C)NCC(=O)N[C@H](Cc1ccccc1)C(=O)O. The van der Waals surface area contributed by atoms with Crippen molar-refractivity contribution in [1.82, 2.24) is 10.6 Å². The van der Waals surface area contributed by atoms with Gasteiger partial charge in [-0.05, 0) is 5.56 Å². The van der Waals surface area contributed by atoms with Crippen LogP contribution in [0.4, 0.5) is 0 Å². The number of carbonyl (C=O) groups is 2. The van der Waals surface area contributed by atoms with Gasteiger partial charge >= 0.3 is 5.97 Å². The zero-order valence-electron chi connectivity index (χ0n) is 11.2. The molecule has 1 aromatic rings. The molecule has 0 aliphatic carbocycles. The van der Waals surface area contributed by atoms with E-state index in [1.807, 2.05) is 44.2 Å². The van der Waals surface area contributed by atoms with Crippen LogP contribution in [-0.2, 0) is 16.0 Å². The molecule has 3 N–H and O–H groups in total. The molecule has 1 amide bonds. The van der Waals surface area contributed by atoms with Crippen LogP contribution in [0.25, 0.3) is 0 Å². The molecule has 1 aromatic carbocycles. The van der Waals surface area contributed by atoms with Gasteiger partial charge in [0.25, 0.3) is 0 Å². The largest absolute Gasteiger partial charge is 0.480 e. The maximum absolute atomic E-state index is 11.6. The second-order valence-electron chi connectivity index (χ2n) is 4.68. The van der Waals surface area contributed by atoms with Crippen LogP contribution in [0.15, 0.2) is 30.3 Å². The van der Waals surface area contributed by atoms with Gasteiger partial charge in [0.1, 0.15) is 6.04 Å². The fraction of sp³-hybridized carbons (Fsp3) is 0.429. The van der Waals surface area contributed by atoms with Crippen molar-refractivity contribution >= 4 is 11.9 Å². The second kappa shape index (κ2) is 7.53. The summed E-state index contributed by atoms with van der Waals surface area (Å²) in [6.07, 6.45) is 0.281. The maximum atomic E-state index is 11.6. The fourth-order valence-corrected chi connectivity index (χ4v) is 1.59. The zero-order valence-corrected chi connectivity index (χ0v) is 11.2. The molecule has 0 saturated carbocycles. The third kappa shape index (κ3) is 6.01. The molecule has 1 atom stereocenters. The Morgan fingerprint density at radius 1 is 1.21 bits per heavy atom. The first-order chi connectivity index (χ1) is 8.99. The van der Waals surface area contributed by atoms with E-state index in [-0.39, 0.29) is 24.9 Å². The molecule has 0 saturated heterocycles. The summed E-state index contributed by atoms with van der Waals surface area (Å²) in [4.78, 5) is 22.8. The Morgan fingerprint density at radius 3 is 2.37 bits per heavy atom. The molecule has 0 aliphatic heterocycles. The Bertz CT molecular complexity index is 418. The number of rotatable bonds is 7. The third-order valence-corrected chi connectivity index (χ3v) is 2.59. The molecule has 0 fully saturated rings. The molecule has 5 nitrogen and oxygen atoms in total. The van der Waals surface area contributed by atoms with Gasteiger partial charge in [0.05, 0.1) is 6.54 Å². The van der Waals surface area contributed by atoms with E-state index in [1.54, 1.807) is 0 Å². The molecule has 0 bridgehead atoms. The van der Waals surface area contributed by atoms with Crippen LogP contribution in [0.1, 0.15) is 19.4 Å². The number of amides is 1. The first-order valence-electron chi connectivity index (χ1n) is 6.28.